The number of amides is 1. The quantitative estimate of drug-likeness (QED) is 0.160. The van der Waals surface area contributed by atoms with E-state index in [1.165, 1.54) is 7.11 Å². The molecule has 0 aromatic carbocycles. The van der Waals surface area contributed by atoms with E-state index in [9.17, 15) is 9.59 Å². The molecular formula is C19H37IN4O3. The van der Waals surface area contributed by atoms with Crippen molar-refractivity contribution >= 4 is 41.8 Å². The molecule has 0 radical (unpaired) electrons. The van der Waals surface area contributed by atoms with Gasteiger partial charge in [-0.3, -0.25) is 14.6 Å². The van der Waals surface area contributed by atoms with Crippen LogP contribution in [0.2, 0.25) is 0 Å². The fourth-order valence-corrected chi connectivity index (χ4v) is 3.52. The molecule has 0 spiro atoms. The number of nitrogens with one attached hydrogen (secondary N) is 2. The first-order valence-electron chi connectivity index (χ1n) is 9.68. The maximum Gasteiger partial charge on any atom is 0.305 e. The van der Waals surface area contributed by atoms with Crippen LogP contribution in [-0.2, 0) is 14.3 Å². The molecule has 0 unspecified atom stereocenters. The summed E-state index contributed by atoms with van der Waals surface area (Å²) in [6.45, 7) is 1.45. The van der Waals surface area contributed by atoms with Crippen LogP contribution in [-0.4, -0.2) is 64.1 Å². The summed E-state index contributed by atoms with van der Waals surface area (Å²) in [4.78, 5) is 29.6. The molecule has 1 saturated carbocycles. The van der Waals surface area contributed by atoms with E-state index in [0.29, 0.717) is 13.0 Å². The van der Waals surface area contributed by atoms with Crippen LogP contribution in [0.25, 0.3) is 0 Å². The lowest BCUT2D eigenvalue weighted by Gasteiger charge is -2.31. The molecule has 27 heavy (non-hydrogen) atoms. The van der Waals surface area contributed by atoms with E-state index >= 15 is 0 Å². The predicted molar refractivity (Wildman–Crippen MR) is 119 cm³/mol. The Morgan fingerprint density at radius 2 is 1.70 bits per heavy atom. The number of aliphatic imine (C=N–C) groups is 1. The fourth-order valence-electron chi connectivity index (χ4n) is 3.52. The van der Waals surface area contributed by atoms with Gasteiger partial charge >= 0.3 is 5.97 Å². The molecule has 0 aromatic rings. The van der Waals surface area contributed by atoms with Crippen molar-refractivity contribution in [3.63, 3.8) is 0 Å². The number of halogens is 1. The fraction of sp³-hybridized carbons (Fsp3) is 0.842. The minimum absolute atomic E-state index is 0. The number of carbonyl (C=O) groups is 2. The summed E-state index contributed by atoms with van der Waals surface area (Å²) in [6, 6.07) is 0. The van der Waals surface area contributed by atoms with Crippen molar-refractivity contribution in [2.45, 2.75) is 57.8 Å². The highest BCUT2D eigenvalue weighted by atomic mass is 127. The topological polar surface area (TPSA) is 83.0 Å². The van der Waals surface area contributed by atoms with Crippen LogP contribution in [0.4, 0.5) is 0 Å². The molecule has 0 bridgehead atoms. The summed E-state index contributed by atoms with van der Waals surface area (Å²) in [5.74, 6) is 0.821. The normalized spacial score (nSPS) is 15.6. The Bertz CT molecular complexity index is 478. The van der Waals surface area contributed by atoms with Crippen molar-refractivity contribution in [1.82, 2.24) is 15.5 Å². The van der Waals surface area contributed by atoms with Gasteiger partial charge in [-0.1, -0.05) is 25.7 Å². The lowest BCUT2D eigenvalue weighted by Crippen LogP contribution is -2.49. The van der Waals surface area contributed by atoms with Crippen LogP contribution in [0.1, 0.15) is 57.8 Å². The monoisotopic (exact) mass is 496 g/mol. The van der Waals surface area contributed by atoms with Gasteiger partial charge in [-0.05, 0) is 25.7 Å². The number of hydrogen-bond acceptors (Lipinski definition) is 4. The van der Waals surface area contributed by atoms with Crippen LogP contribution >= 0.6 is 24.0 Å². The molecule has 1 rings (SSSR count). The third-order valence-electron chi connectivity index (χ3n) is 5.07. The third kappa shape index (κ3) is 9.12. The first kappa shape index (κ1) is 25.9. The van der Waals surface area contributed by atoms with Gasteiger partial charge in [-0.2, -0.15) is 0 Å². The van der Waals surface area contributed by atoms with Gasteiger partial charge in [0.1, 0.15) is 0 Å². The summed E-state index contributed by atoms with van der Waals surface area (Å²) >= 11 is 0. The lowest BCUT2D eigenvalue weighted by atomic mass is 9.84. The first-order valence-corrected chi connectivity index (χ1v) is 9.68. The molecule has 158 valence electrons. The van der Waals surface area contributed by atoms with Gasteiger partial charge in [0.05, 0.1) is 12.5 Å². The number of hydrogen-bond donors (Lipinski definition) is 2. The summed E-state index contributed by atoms with van der Waals surface area (Å²) in [6.07, 6.45) is 8.56. The second kappa shape index (κ2) is 14.0. The van der Waals surface area contributed by atoms with Crippen molar-refractivity contribution < 1.29 is 14.3 Å². The highest BCUT2D eigenvalue weighted by Gasteiger charge is 2.42. The smallest absolute Gasteiger partial charge is 0.305 e. The van der Waals surface area contributed by atoms with Crippen molar-refractivity contribution in [2.24, 2.45) is 10.4 Å². The predicted octanol–water partition coefficient (Wildman–Crippen LogP) is 2.54. The SMILES string of the molecule is CN=C(NCCCCCCC(=O)OC)NCC1(C(=O)N(C)C)CCCC1.I. The lowest BCUT2D eigenvalue weighted by molar-refractivity contribution is -0.141. The third-order valence-corrected chi connectivity index (χ3v) is 5.07. The number of guanidine groups is 1. The number of methoxy groups -OCH3 is 1. The van der Waals surface area contributed by atoms with E-state index < -0.39 is 0 Å². The molecule has 1 aliphatic carbocycles. The molecule has 0 heterocycles. The molecule has 7 nitrogen and oxygen atoms in total. The van der Waals surface area contributed by atoms with E-state index in [-0.39, 0.29) is 41.3 Å². The number of nitrogens with zero attached hydrogens (tertiary/aromatic N) is 2. The zero-order chi connectivity index (χ0) is 19.4. The van der Waals surface area contributed by atoms with Gasteiger partial charge in [0.15, 0.2) is 5.96 Å². The maximum absolute atomic E-state index is 12.6. The molecule has 0 saturated heterocycles. The van der Waals surface area contributed by atoms with Gasteiger partial charge in [0.25, 0.3) is 0 Å². The summed E-state index contributed by atoms with van der Waals surface area (Å²) in [5.41, 5.74) is -0.297. The molecular weight excluding hydrogens is 459 g/mol. The highest BCUT2D eigenvalue weighted by Crippen LogP contribution is 2.38. The van der Waals surface area contributed by atoms with Crippen molar-refractivity contribution in [1.29, 1.82) is 0 Å². The van der Waals surface area contributed by atoms with Gasteiger partial charge in [0, 0.05) is 40.7 Å². The molecule has 0 aliphatic heterocycles. The zero-order valence-electron chi connectivity index (χ0n) is 17.3. The highest BCUT2D eigenvalue weighted by molar-refractivity contribution is 14.0. The van der Waals surface area contributed by atoms with Gasteiger partial charge in [-0.25, -0.2) is 0 Å². The standard InChI is InChI=1S/C19H36N4O3.HI/c1-20-18(21-14-10-6-5-7-11-16(24)26-4)22-15-19(12-8-9-13-19)17(25)23(2)3;/h5-15H2,1-4H3,(H2,20,21,22);1H. The number of ether oxygens (including phenoxy) is 1. The molecule has 1 fully saturated rings. The van der Waals surface area contributed by atoms with Crippen LogP contribution < -0.4 is 10.6 Å². The van der Waals surface area contributed by atoms with E-state index in [1.807, 2.05) is 14.1 Å². The number of esters is 1. The van der Waals surface area contributed by atoms with E-state index in [2.05, 4.69) is 20.4 Å². The second-order valence-corrected chi connectivity index (χ2v) is 7.28. The Labute approximate surface area is 181 Å². The average molecular weight is 496 g/mol. The van der Waals surface area contributed by atoms with Crippen molar-refractivity contribution in [3.8, 4) is 0 Å². The Hall–Kier alpha value is -1.06. The average Bonchev–Trinajstić information content (AvgIpc) is 3.12. The Morgan fingerprint density at radius 3 is 2.26 bits per heavy atom. The summed E-state index contributed by atoms with van der Waals surface area (Å²) < 4.78 is 4.63. The van der Waals surface area contributed by atoms with Crippen molar-refractivity contribution in [3.05, 3.63) is 0 Å². The second-order valence-electron chi connectivity index (χ2n) is 7.28. The molecule has 0 atom stereocenters. The van der Waals surface area contributed by atoms with Crippen LogP contribution in [0.5, 0.6) is 0 Å². The molecule has 8 heteroatoms. The minimum Gasteiger partial charge on any atom is -0.469 e. The molecule has 0 aromatic heterocycles. The number of rotatable bonds is 10. The Balaban J connectivity index is 0.00000676. The Kier molecular flexibility index (Phi) is 13.5. The largest absolute Gasteiger partial charge is 0.469 e. The van der Waals surface area contributed by atoms with E-state index in [1.54, 1.807) is 11.9 Å². The molecule has 1 amide bonds. The number of unbranched alkanes of at least 4 members (excludes halogenated alkanes) is 3. The number of carbonyl (C=O) groups excluding carboxylic acids is 2. The van der Waals surface area contributed by atoms with Crippen LogP contribution in [0, 0.1) is 5.41 Å². The van der Waals surface area contributed by atoms with Gasteiger partial charge in [-0.15, -0.1) is 24.0 Å². The summed E-state index contributed by atoms with van der Waals surface area (Å²) in [5, 5.41) is 6.65. The molecule has 1 aliphatic rings. The van der Waals surface area contributed by atoms with Crippen LogP contribution in [0.15, 0.2) is 4.99 Å². The minimum atomic E-state index is -0.297. The maximum atomic E-state index is 12.6. The van der Waals surface area contributed by atoms with Gasteiger partial charge in [0.2, 0.25) is 5.91 Å². The van der Waals surface area contributed by atoms with E-state index in [0.717, 1.165) is 63.9 Å². The Morgan fingerprint density at radius 1 is 1.07 bits per heavy atom. The van der Waals surface area contributed by atoms with Crippen molar-refractivity contribution in [2.75, 3.05) is 41.3 Å². The first-order chi connectivity index (χ1) is 12.4. The zero-order valence-corrected chi connectivity index (χ0v) is 19.6. The van der Waals surface area contributed by atoms with E-state index in [4.69, 9.17) is 0 Å². The van der Waals surface area contributed by atoms with Gasteiger partial charge < -0.3 is 20.3 Å². The summed E-state index contributed by atoms with van der Waals surface area (Å²) in [7, 11) is 6.83. The van der Waals surface area contributed by atoms with Crippen LogP contribution in [0.3, 0.4) is 0 Å². The molecule has 2 N–H and O–H groups in total.